The Labute approximate surface area is 113 Å². The summed E-state index contributed by atoms with van der Waals surface area (Å²) in [5.74, 6) is -0.695. The van der Waals surface area contributed by atoms with Crippen LogP contribution in [0.4, 0.5) is 8.78 Å². The van der Waals surface area contributed by atoms with Gasteiger partial charge in [0.25, 0.3) is 0 Å². The Balaban J connectivity index is 2.10. The zero-order valence-corrected chi connectivity index (χ0v) is 11.7. The Morgan fingerprint density at radius 1 is 1.37 bits per heavy atom. The van der Waals surface area contributed by atoms with Crippen molar-refractivity contribution in [3.8, 4) is 0 Å². The van der Waals surface area contributed by atoms with Crippen LogP contribution in [0.25, 0.3) is 0 Å². The van der Waals surface area contributed by atoms with Crippen molar-refractivity contribution in [3.63, 3.8) is 0 Å². The van der Waals surface area contributed by atoms with Crippen molar-refractivity contribution < 1.29 is 8.78 Å². The van der Waals surface area contributed by atoms with E-state index in [9.17, 15) is 8.78 Å². The lowest BCUT2D eigenvalue weighted by Gasteiger charge is -2.32. The average Bonchev–Trinajstić information content (AvgIpc) is 2.56. The van der Waals surface area contributed by atoms with Gasteiger partial charge in [0.15, 0.2) is 0 Å². The number of hydrogen-bond donors (Lipinski definition) is 1. The molecule has 0 amide bonds. The van der Waals surface area contributed by atoms with Crippen molar-refractivity contribution in [2.75, 3.05) is 19.6 Å². The average molecular weight is 268 g/mol. The molecule has 1 saturated heterocycles. The topological polar surface area (TPSA) is 15.3 Å². The molecule has 1 atom stereocenters. The second-order valence-electron chi connectivity index (χ2n) is 5.64. The van der Waals surface area contributed by atoms with E-state index in [1.165, 1.54) is 18.2 Å². The van der Waals surface area contributed by atoms with Gasteiger partial charge in [0.05, 0.1) is 0 Å². The maximum atomic E-state index is 13.7. The summed E-state index contributed by atoms with van der Waals surface area (Å²) in [6.07, 6.45) is 2.06. The van der Waals surface area contributed by atoms with Crippen LogP contribution in [0.3, 0.4) is 0 Å². The van der Waals surface area contributed by atoms with Gasteiger partial charge in [-0.15, -0.1) is 0 Å². The van der Waals surface area contributed by atoms with E-state index in [2.05, 4.69) is 24.1 Å². The van der Waals surface area contributed by atoms with Crippen molar-refractivity contribution in [1.82, 2.24) is 10.2 Å². The summed E-state index contributed by atoms with van der Waals surface area (Å²) in [7, 11) is 0. The van der Waals surface area contributed by atoms with Crippen LogP contribution in [-0.4, -0.2) is 30.1 Å². The van der Waals surface area contributed by atoms with E-state index >= 15 is 0 Å². The first kappa shape index (κ1) is 14.4. The molecule has 0 aromatic heterocycles. The Morgan fingerprint density at radius 2 is 2.16 bits per heavy atom. The van der Waals surface area contributed by atoms with Crippen LogP contribution in [-0.2, 0) is 6.54 Å². The molecule has 0 radical (unpaired) electrons. The van der Waals surface area contributed by atoms with Gasteiger partial charge in [-0.3, -0.25) is 4.90 Å². The van der Waals surface area contributed by atoms with Crippen molar-refractivity contribution in [2.24, 2.45) is 0 Å². The van der Waals surface area contributed by atoms with Crippen LogP contribution in [0.2, 0.25) is 0 Å². The normalized spacial score (nSPS) is 25.3. The fraction of sp³-hybridized carbons (Fsp3) is 0.600. The largest absolute Gasteiger partial charge is 0.310 e. The van der Waals surface area contributed by atoms with E-state index in [1.54, 1.807) is 0 Å². The van der Waals surface area contributed by atoms with Crippen LogP contribution in [0.5, 0.6) is 0 Å². The van der Waals surface area contributed by atoms with Crippen molar-refractivity contribution in [3.05, 3.63) is 35.4 Å². The molecule has 1 aromatic carbocycles. The standard InChI is InChI=1S/C15H22F2N2/c1-3-15(2)11-19(8-4-7-18-15)10-12-9-13(16)5-6-14(12)17/h5-6,9,18H,3-4,7-8,10-11H2,1-2H3. The first-order valence-corrected chi connectivity index (χ1v) is 6.94. The maximum absolute atomic E-state index is 13.7. The van der Waals surface area contributed by atoms with Gasteiger partial charge < -0.3 is 5.32 Å². The van der Waals surface area contributed by atoms with Gasteiger partial charge in [-0.1, -0.05) is 6.92 Å². The molecule has 2 nitrogen and oxygen atoms in total. The van der Waals surface area contributed by atoms with Crippen LogP contribution in [0, 0.1) is 11.6 Å². The Kier molecular flexibility index (Phi) is 4.53. The minimum absolute atomic E-state index is 0.0559. The van der Waals surface area contributed by atoms with Gasteiger partial charge in [-0.2, -0.15) is 0 Å². The highest BCUT2D eigenvalue weighted by Crippen LogP contribution is 2.19. The molecule has 4 heteroatoms. The van der Waals surface area contributed by atoms with E-state index in [-0.39, 0.29) is 17.2 Å². The molecular formula is C15H22F2N2. The van der Waals surface area contributed by atoms with Gasteiger partial charge in [-0.05, 0) is 51.1 Å². The highest BCUT2D eigenvalue weighted by atomic mass is 19.1. The van der Waals surface area contributed by atoms with E-state index in [4.69, 9.17) is 0 Å². The molecule has 1 heterocycles. The van der Waals surface area contributed by atoms with Crippen LogP contribution in [0.1, 0.15) is 32.3 Å². The lowest BCUT2D eigenvalue weighted by atomic mass is 9.98. The number of hydrogen-bond acceptors (Lipinski definition) is 2. The predicted molar refractivity (Wildman–Crippen MR) is 73.0 cm³/mol. The number of rotatable bonds is 3. The molecule has 1 aliphatic rings. The number of halogens is 2. The van der Waals surface area contributed by atoms with Gasteiger partial charge in [0.2, 0.25) is 0 Å². The maximum Gasteiger partial charge on any atom is 0.127 e. The first-order chi connectivity index (χ1) is 9.02. The predicted octanol–water partition coefficient (Wildman–Crippen LogP) is 2.93. The van der Waals surface area contributed by atoms with Gasteiger partial charge in [-0.25, -0.2) is 8.78 Å². The summed E-state index contributed by atoms with van der Waals surface area (Å²) in [5, 5.41) is 3.54. The third-order valence-corrected chi connectivity index (χ3v) is 3.96. The summed E-state index contributed by atoms with van der Waals surface area (Å²) in [5.41, 5.74) is 0.501. The smallest absolute Gasteiger partial charge is 0.127 e. The summed E-state index contributed by atoms with van der Waals surface area (Å²) in [4.78, 5) is 2.21. The third-order valence-electron chi connectivity index (χ3n) is 3.96. The summed E-state index contributed by atoms with van der Waals surface area (Å²) >= 11 is 0. The highest BCUT2D eigenvalue weighted by Gasteiger charge is 2.27. The third kappa shape index (κ3) is 3.74. The fourth-order valence-corrected chi connectivity index (χ4v) is 2.60. The minimum Gasteiger partial charge on any atom is -0.310 e. The van der Waals surface area contributed by atoms with Crippen LogP contribution in [0.15, 0.2) is 18.2 Å². The molecule has 19 heavy (non-hydrogen) atoms. The second-order valence-corrected chi connectivity index (χ2v) is 5.64. The Morgan fingerprint density at radius 3 is 2.89 bits per heavy atom. The van der Waals surface area contributed by atoms with E-state index in [1.807, 2.05) is 0 Å². The zero-order chi connectivity index (χ0) is 13.9. The number of nitrogens with one attached hydrogen (secondary N) is 1. The molecule has 1 aromatic rings. The van der Waals surface area contributed by atoms with E-state index in [0.29, 0.717) is 12.1 Å². The van der Waals surface area contributed by atoms with Gasteiger partial charge in [0, 0.05) is 24.2 Å². The van der Waals surface area contributed by atoms with Crippen molar-refractivity contribution in [2.45, 2.75) is 38.8 Å². The highest BCUT2D eigenvalue weighted by molar-refractivity contribution is 5.18. The SMILES string of the molecule is CCC1(C)CN(Cc2cc(F)ccc2F)CCCN1. The first-order valence-electron chi connectivity index (χ1n) is 6.94. The number of benzene rings is 1. The Hall–Kier alpha value is -1.00. The molecule has 2 rings (SSSR count). The van der Waals surface area contributed by atoms with Gasteiger partial charge in [0.1, 0.15) is 11.6 Å². The molecule has 0 aliphatic carbocycles. The monoisotopic (exact) mass is 268 g/mol. The molecule has 106 valence electrons. The van der Waals surface area contributed by atoms with Crippen molar-refractivity contribution >= 4 is 0 Å². The van der Waals surface area contributed by atoms with Crippen LogP contribution >= 0.6 is 0 Å². The van der Waals surface area contributed by atoms with Crippen molar-refractivity contribution in [1.29, 1.82) is 0 Å². The lowest BCUT2D eigenvalue weighted by molar-refractivity contribution is 0.206. The molecular weight excluding hydrogens is 246 g/mol. The van der Waals surface area contributed by atoms with E-state index < -0.39 is 0 Å². The van der Waals surface area contributed by atoms with E-state index in [0.717, 1.165) is 32.5 Å². The van der Waals surface area contributed by atoms with Gasteiger partial charge >= 0.3 is 0 Å². The summed E-state index contributed by atoms with van der Waals surface area (Å²) in [6, 6.07) is 3.68. The Bertz CT molecular complexity index is 436. The molecule has 1 fully saturated rings. The number of nitrogens with zero attached hydrogens (tertiary/aromatic N) is 1. The zero-order valence-electron chi connectivity index (χ0n) is 11.7. The second kappa shape index (κ2) is 5.97. The van der Waals surface area contributed by atoms with Crippen LogP contribution < -0.4 is 5.32 Å². The minimum atomic E-state index is -0.373. The fourth-order valence-electron chi connectivity index (χ4n) is 2.60. The quantitative estimate of drug-likeness (QED) is 0.906. The molecule has 1 unspecified atom stereocenters. The molecule has 1 N–H and O–H groups in total. The molecule has 0 saturated carbocycles. The molecule has 0 bridgehead atoms. The molecule has 0 spiro atoms. The molecule has 1 aliphatic heterocycles. The lowest BCUT2D eigenvalue weighted by Crippen LogP contribution is -2.48. The summed E-state index contributed by atoms with van der Waals surface area (Å²) < 4.78 is 26.9. The summed E-state index contributed by atoms with van der Waals surface area (Å²) in [6.45, 7) is 7.57.